The molecule has 1 heterocycles. The number of aliphatic hydroxyl groups excluding tert-OH is 3. The Morgan fingerprint density at radius 1 is 0.922 bits per heavy atom. The van der Waals surface area contributed by atoms with Crippen LogP contribution in [0.1, 0.15) is 113 Å². The molecule has 0 aromatic heterocycles. The van der Waals surface area contributed by atoms with Gasteiger partial charge in [0.05, 0.1) is 31.3 Å². The molecule has 16 atom stereocenters. The lowest BCUT2D eigenvalue weighted by atomic mass is 9.34. The fraction of sp³-hybridized carbons (Fsp3) is 0.875. The highest BCUT2D eigenvalue weighted by atomic mass is 16.7. The second-order valence-corrected chi connectivity index (χ2v) is 18.3. The molecule has 0 amide bonds. The average Bonchev–Trinajstić information content (AvgIpc) is 3.06. The van der Waals surface area contributed by atoms with Gasteiger partial charge in [0.2, 0.25) is 0 Å². The largest absolute Gasteiger partial charge is 0.469 e. The van der Waals surface area contributed by atoms with Crippen LogP contribution in [0.5, 0.6) is 0 Å². The van der Waals surface area contributed by atoms with Gasteiger partial charge in [-0.1, -0.05) is 39.3 Å². The van der Waals surface area contributed by atoms with Gasteiger partial charge in [-0.2, -0.15) is 0 Å². The Morgan fingerprint density at radius 3 is 2.24 bits per heavy atom. The molecule has 51 heavy (non-hydrogen) atoms. The molecule has 0 aromatic carbocycles. The molecule has 3 N–H and O–H groups in total. The monoisotopic (exact) mass is 718 g/mol. The minimum absolute atomic E-state index is 0.0646. The van der Waals surface area contributed by atoms with E-state index in [2.05, 4.69) is 40.7 Å². The molecule has 5 aliphatic carbocycles. The number of hydrogen-bond acceptors (Lipinski definition) is 11. The van der Waals surface area contributed by atoms with Crippen LogP contribution in [0.15, 0.2) is 11.6 Å². The number of hydrogen-bond donors (Lipinski definition) is 3. The first kappa shape index (κ1) is 38.7. The highest BCUT2D eigenvalue weighted by Gasteiger charge is 2.69. The fourth-order valence-electron chi connectivity index (χ4n) is 12.4. The van der Waals surface area contributed by atoms with E-state index < -0.39 is 65.7 Å². The molecule has 5 fully saturated rings. The van der Waals surface area contributed by atoms with Gasteiger partial charge >= 0.3 is 17.9 Å². The van der Waals surface area contributed by atoms with Crippen molar-refractivity contribution in [3.8, 4) is 0 Å². The molecular formula is C40H62O11. The number of ether oxygens (including phenoxy) is 5. The third-order valence-corrected chi connectivity index (χ3v) is 15.8. The van der Waals surface area contributed by atoms with Crippen LogP contribution in [-0.4, -0.2) is 89.9 Å². The third kappa shape index (κ3) is 6.00. The van der Waals surface area contributed by atoms with Gasteiger partial charge < -0.3 is 39.0 Å². The van der Waals surface area contributed by atoms with E-state index in [1.807, 2.05) is 0 Å². The summed E-state index contributed by atoms with van der Waals surface area (Å²) < 4.78 is 28.6. The summed E-state index contributed by atoms with van der Waals surface area (Å²) in [5.74, 6) is -1.09. The van der Waals surface area contributed by atoms with Crippen LogP contribution in [-0.2, 0) is 38.1 Å². The van der Waals surface area contributed by atoms with E-state index in [1.54, 1.807) is 6.92 Å². The predicted octanol–water partition coefficient (Wildman–Crippen LogP) is 4.87. The Balaban J connectivity index is 1.30. The lowest BCUT2D eigenvalue weighted by Gasteiger charge is -2.71. The summed E-state index contributed by atoms with van der Waals surface area (Å²) in [5.41, 5.74) is 0.321. The number of fused-ring (bicyclic) bond motifs is 7. The first-order valence-corrected chi connectivity index (χ1v) is 19.2. The molecule has 11 heteroatoms. The van der Waals surface area contributed by atoms with Crippen molar-refractivity contribution < 1.29 is 53.4 Å². The molecule has 0 aromatic rings. The Labute approximate surface area is 303 Å². The summed E-state index contributed by atoms with van der Waals surface area (Å²) in [5, 5.41) is 33.9. The maximum absolute atomic E-state index is 13.1. The highest BCUT2D eigenvalue weighted by molar-refractivity contribution is 5.76. The van der Waals surface area contributed by atoms with Crippen LogP contribution < -0.4 is 0 Å². The molecule has 6 rings (SSSR count). The Morgan fingerprint density at radius 2 is 1.59 bits per heavy atom. The van der Waals surface area contributed by atoms with Gasteiger partial charge in [-0.3, -0.25) is 14.4 Å². The lowest BCUT2D eigenvalue weighted by molar-refractivity contribution is -0.305. The number of methoxy groups -OCH3 is 1. The summed E-state index contributed by atoms with van der Waals surface area (Å²) >= 11 is 0. The van der Waals surface area contributed by atoms with Crippen molar-refractivity contribution in [1.82, 2.24) is 0 Å². The van der Waals surface area contributed by atoms with Crippen LogP contribution in [0.2, 0.25) is 0 Å². The molecule has 0 bridgehead atoms. The second kappa shape index (κ2) is 13.4. The third-order valence-electron chi connectivity index (χ3n) is 15.8. The second-order valence-electron chi connectivity index (χ2n) is 18.3. The number of carbonyl (C=O) groups excluding carboxylic acids is 3. The molecule has 0 spiro atoms. The molecule has 0 unspecified atom stereocenters. The van der Waals surface area contributed by atoms with Crippen molar-refractivity contribution >= 4 is 17.9 Å². The zero-order valence-corrected chi connectivity index (χ0v) is 32.1. The zero-order chi connectivity index (χ0) is 37.5. The lowest BCUT2D eigenvalue weighted by Crippen LogP contribution is -2.67. The van der Waals surface area contributed by atoms with Crippen LogP contribution >= 0.6 is 0 Å². The molecule has 288 valence electrons. The van der Waals surface area contributed by atoms with E-state index in [4.69, 9.17) is 23.7 Å². The van der Waals surface area contributed by atoms with E-state index in [9.17, 15) is 29.7 Å². The smallest absolute Gasteiger partial charge is 0.311 e. The zero-order valence-electron chi connectivity index (χ0n) is 32.1. The van der Waals surface area contributed by atoms with Crippen LogP contribution in [0.25, 0.3) is 0 Å². The maximum atomic E-state index is 13.1. The molecule has 1 aliphatic heterocycles. The maximum Gasteiger partial charge on any atom is 0.311 e. The van der Waals surface area contributed by atoms with Crippen molar-refractivity contribution in [2.75, 3.05) is 13.7 Å². The summed E-state index contributed by atoms with van der Waals surface area (Å²) in [6.07, 6.45) is 2.86. The van der Waals surface area contributed by atoms with E-state index in [0.717, 1.165) is 51.4 Å². The topological polar surface area (TPSA) is 158 Å². The average molecular weight is 719 g/mol. The molecule has 11 nitrogen and oxygen atoms in total. The van der Waals surface area contributed by atoms with Crippen LogP contribution in [0.4, 0.5) is 0 Å². The first-order valence-electron chi connectivity index (χ1n) is 19.2. The molecule has 4 saturated carbocycles. The first-order chi connectivity index (χ1) is 23.8. The van der Waals surface area contributed by atoms with E-state index in [0.29, 0.717) is 0 Å². The van der Waals surface area contributed by atoms with Gasteiger partial charge in [0, 0.05) is 31.6 Å². The Kier molecular flexibility index (Phi) is 10.1. The number of allylic oxidation sites excluding steroid dienone is 2. The van der Waals surface area contributed by atoms with Gasteiger partial charge in [-0.25, -0.2) is 0 Å². The van der Waals surface area contributed by atoms with Crippen LogP contribution in [0.3, 0.4) is 0 Å². The fourth-order valence-corrected chi connectivity index (χ4v) is 12.4. The van der Waals surface area contributed by atoms with Gasteiger partial charge in [0.1, 0.15) is 18.3 Å². The summed E-state index contributed by atoms with van der Waals surface area (Å²) in [4.78, 5) is 37.0. The summed E-state index contributed by atoms with van der Waals surface area (Å²) in [7, 11) is 1.49. The summed E-state index contributed by atoms with van der Waals surface area (Å²) in [6, 6.07) is 0. The standard InChI is InChI=1S/C40H62O11/c1-21-33(51-23(3)42)31(44)32(45)34(49-21)48-20-24-25-12-13-39(7)29(40(25,8)30(43)18-28(24)50-22(2)41)11-10-26-27-19-37(5,35(46)47-9)15-14-36(27,4)16-17-38(26,39)6/h10,21,24-25,27-34,43-45H,11-20H2,1-9H3/t21-,24-,25-,27+,28-,29-,30-,31-,32+,33-,34+,36+,37+,38+,39+,40-/m0/s1. The highest BCUT2D eigenvalue weighted by Crippen LogP contribution is 2.75. The van der Waals surface area contributed by atoms with Crippen molar-refractivity contribution in [3.05, 3.63) is 11.6 Å². The minimum atomic E-state index is -1.47. The van der Waals surface area contributed by atoms with Gasteiger partial charge in [-0.15, -0.1) is 0 Å². The van der Waals surface area contributed by atoms with E-state index >= 15 is 0 Å². The van der Waals surface area contributed by atoms with Crippen molar-refractivity contribution in [2.24, 2.45) is 50.7 Å². The Hall–Kier alpha value is -2.05. The number of esters is 3. The number of rotatable bonds is 6. The van der Waals surface area contributed by atoms with Gasteiger partial charge in [0.25, 0.3) is 0 Å². The number of aliphatic hydroxyl groups is 3. The Bertz CT molecular complexity index is 1410. The van der Waals surface area contributed by atoms with Crippen molar-refractivity contribution in [3.63, 3.8) is 0 Å². The molecular weight excluding hydrogens is 656 g/mol. The van der Waals surface area contributed by atoms with E-state index in [1.165, 1.54) is 26.5 Å². The molecule has 6 aliphatic rings. The summed E-state index contributed by atoms with van der Waals surface area (Å²) in [6.45, 7) is 15.9. The molecule has 0 radical (unpaired) electrons. The van der Waals surface area contributed by atoms with E-state index in [-0.39, 0.29) is 58.9 Å². The predicted molar refractivity (Wildman–Crippen MR) is 186 cm³/mol. The normalized spacial score (nSPS) is 50.7. The van der Waals surface area contributed by atoms with Crippen molar-refractivity contribution in [2.45, 2.75) is 156 Å². The minimum Gasteiger partial charge on any atom is -0.469 e. The van der Waals surface area contributed by atoms with Gasteiger partial charge in [0.15, 0.2) is 12.4 Å². The quantitative estimate of drug-likeness (QED) is 0.196. The SMILES string of the molecule is COC(=O)[C@]1(C)CC[C@]2(C)CC[C@]3(C)C(=CC[C@@H]4[C@@]5(C)[C@@H](O)C[C@H](OC(C)=O)[C@@H](CO[C@@H]6O[C@@H](C)[C@H](OC(C)=O)[C@@H](O)[C@H]6O)[C@@H]5CC[C@]43C)[C@H]2C1. The van der Waals surface area contributed by atoms with Crippen molar-refractivity contribution in [1.29, 1.82) is 0 Å². The molecule has 1 saturated heterocycles. The van der Waals surface area contributed by atoms with Crippen LogP contribution in [0, 0.1) is 50.7 Å². The van der Waals surface area contributed by atoms with Gasteiger partial charge in [-0.05, 0) is 99.2 Å². The number of carbonyl (C=O) groups is 3.